The third-order valence-corrected chi connectivity index (χ3v) is 5.70. The molecule has 3 aliphatic rings. The molecule has 5 nitrogen and oxygen atoms in total. The van der Waals surface area contributed by atoms with Crippen LogP contribution in [0.25, 0.3) is 0 Å². The molecule has 1 aromatic rings. The lowest BCUT2D eigenvalue weighted by molar-refractivity contribution is -0.120. The number of likely N-dealkylation sites (tertiary alicyclic amines) is 1. The molecule has 2 heterocycles. The number of amides is 1. The predicted octanol–water partition coefficient (Wildman–Crippen LogP) is 2.61. The third kappa shape index (κ3) is 3.42. The van der Waals surface area contributed by atoms with Crippen LogP contribution in [0, 0.1) is 23.2 Å². The van der Waals surface area contributed by atoms with Gasteiger partial charge in [0.25, 0.3) is 5.91 Å². The second-order valence-corrected chi connectivity index (χ2v) is 7.56. The molecular weight excluding hydrogens is 316 g/mol. The Morgan fingerprint density at radius 1 is 1.36 bits per heavy atom. The molecule has 4 rings (SSSR count). The van der Waals surface area contributed by atoms with Gasteiger partial charge in [0.05, 0.1) is 24.7 Å². The molecule has 1 aliphatic carbocycles. The van der Waals surface area contributed by atoms with Crippen molar-refractivity contribution in [3.63, 3.8) is 0 Å². The Morgan fingerprint density at radius 3 is 2.96 bits per heavy atom. The van der Waals surface area contributed by atoms with Crippen LogP contribution in [0.15, 0.2) is 24.3 Å². The zero-order valence-corrected chi connectivity index (χ0v) is 14.4. The van der Waals surface area contributed by atoms with E-state index in [0.717, 1.165) is 38.6 Å². The molecular formula is C20H24N2O3. The van der Waals surface area contributed by atoms with Crippen LogP contribution in [0.5, 0.6) is 0 Å². The molecule has 0 bridgehead atoms. The van der Waals surface area contributed by atoms with Crippen molar-refractivity contribution >= 4 is 5.91 Å². The maximum atomic E-state index is 12.6. The van der Waals surface area contributed by atoms with Gasteiger partial charge in [0.1, 0.15) is 5.60 Å². The Kier molecular flexibility index (Phi) is 4.49. The van der Waals surface area contributed by atoms with Crippen LogP contribution in [0.4, 0.5) is 0 Å². The summed E-state index contributed by atoms with van der Waals surface area (Å²) in [5, 5.41) is 8.99. The first-order chi connectivity index (χ1) is 12.2. The van der Waals surface area contributed by atoms with Gasteiger partial charge < -0.3 is 14.4 Å². The van der Waals surface area contributed by atoms with Gasteiger partial charge in [-0.3, -0.25) is 4.79 Å². The van der Waals surface area contributed by atoms with Crippen molar-refractivity contribution in [2.75, 3.05) is 32.9 Å². The van der Waals surface area contributed by atoms with E-state index in [1.807, 2.05) is 4.90 Å². The van der Waals surface area contributed by atoms with Crippen molar-refractivity contribution < 1.29 is 14.3 Å². The molecule has 0 radical (unpaired) electrons. The summed E-state index contributed by atoms with van der Waals surface area (Å²) < 4.78 is 11.8. The fourth-order valence-corrected chi connectivity index (χ4v) is 3.95. The molecule has 1 unspecified atom stereocenters. The zero-order chi connectivity index (χ0) is 17.3. The zero-order valence-electron chi connectivity index (χ0n) is 14.4. The van der Waals surface area contributed by atoms with Gasteiger partial charge in [0, 0.05) is 25.4 Å². The van der Waals surface area contributed by atoms with Crippen LogP contribution < -0.4 is 0 Å². The van der Waals surface area contributed by atoms with Crippen molar-refractivity contribution in [1.29, 1.82) is 5.26 Å². The average Bonchev–Trinajstić information content (AvgIpc) is 3.34. The average molecular weight is 340 g/mol. The molecule has 1 atom stereocenters. The lowest BCUT2D eigenvalue weighted by Gasteiger charge is -2.50. The minimum atomic E-state index is -0.175. The second-order valence-electron chi connectivity index (χ2n) is 7.56. The molecule has 5 heteroatoms. The van der Waals surface area contributed by atoms with Crippen molar-refractivity contribution in [3.05, 3.63) is 35.4 Å². The number of nitriles is 1. The summed E-state index contributed by atoms with van der Waals surface area (Å²) in [6, 6.07) is 8.99. The molecule has 1 aromatic carbocycles. The maximum absolute atomic E-state index is 12.6. The Balaban J connectivity index is 1.31. The fourth-order valence-electron chi connectivity index (χ4n) is 3.95. The van der Waals surface area contributed by atoms with Gasteiger partial charge in [-0.15, -0.1) is 0 Å². The van der Waals surface area contributed by atoms with E-state index in [1.165, 1.54) is 12.8 Å². The van der Waals surface area contributed by atoms with Crippen LogP contribution in [0.3, 0.4) is 0 Å². The number of carbonyl (C=O) groups is 1. The van der Waals surface area contributed by atoms with Gasteiger partial charge in [-0.2, -0.15) is 5.26 Å². The molecule has 132 valence electrons. The summed E-state index contributed by atoms with van der Waals surface area (Å²) in [7, 11) is 0. The lowest BCUT2D eigenvalue weighted by atomic mass is 9.79. The number of hydrogen-bond donors (Lipinski definition) is 0. The van der Waals surface area contributed by atoms with Gasteiger partial charge in [-0.25, -0.2) is 0 Å². The van der Waals surface area contributed by atoms with E-state index < -0.39 is 0 Å². The fraction of sp³-hybridized carbons (Fsp3) is 0.600. The minimum absolute atomic E-state index is 0.0121. The Bertz CT molecular complexity index is 686. The lowest BCUT2D eigenvalue weighted by Crippen LogP contribution is -2.66. The molecule has 3 fully saturated rings. The standard InChI is InChI=1S/C20H24N2O3/c21-11-16-2-1-3-17(10-16)19(23)22-13-20(14-22)18(7-9-25-20)6-8-24-12-15-4-5-15/h1-3,10,15,18H,4-9,12-14H2. The van der Waals surface area contributed by atoms with E-state index in [1.54, 1.807) is 24.3 Å². The molecule has 0 N–H and O–H groups in total. The number of carbonyl (C=O) groups excluding carboxylic acids is 1. The largest absolute Gasteiger partial charge is 0.381 e. The SMILES string of the molecule is N#Cc1cccc(C(=O)N2CC3(C2)OCCC3CCOCC2CC2)c1. The normalized spacial score (nSPS) is 24.1. The molecule has 1 amide bonds. The maximum Gasteiger partial charge on any atom is 0.254 e. The summed E-state index contributed by atoms with van der Waals surface area (Å²) in [6.45, 7) is 3.77. The monoisotopic (exact) mass is 340 g/mol. The highest BCUT2D eigenvalue weighted by atomic mass is 16.5. The number of ether oxygens (including phenoxy) is 2. The Morgan fingerprint density at radius 2 is 2.20 bits per heavy atom. The molecule has 1 spiro atoms. The van der Waals surface area contributed by atoms with Crippen molar-refractivity contribution in [2.24, 2.45) is 11.8 Å². The first kappa shape index (κ1) is 16.6. The first-order valence-electron chi connectivity index (χ1n) is 9.21. The smallest absolute Gasteiger partial charge is 0.254 e. The van der Waals surface area contributed by atoms with E-state index in [9.17, 15) is 4.79 Å². The van der Waals surface area contributed by atoms with Crippen LogP contribution in [-0.2, 0) is 9.47 Å². The van der Waals surface area contributed by atoms with E-state index in [4.69, 9.17) is 14.7 Å². The summed E-state index contributed by atoms with van der Waals surface area (Å²) in [5.74, 6) is 1.26. The second kappa shape index (κ2) is 6.78. The predicted molar refractivity (Wildman–Crippen MR) is 92.0 cm³/mol. The highest BCUT2D eigenvalue weighted by molar-refractivity contribution is 5.95. The van der Waals surface area contributed by atoms with Crippen molar-refractivity contribution in [1.82, 2.24) is 4.90 Å². The summed E-state index contributed by atoms with van der Waals surface area (Å²) >= 11 is 0. The summed E-state index contributed by atoms with van der Waals surface area (Å²) in [4.78, 5) is 14.5. The van der Waals surface area contributed by atoms with Crippen molar-refractivity contribution in [3.8, 4) is 6.07 Å². The number of hydrogen-bond acceptors (Lipinski definition) is 4. The Hall–Kier alpha value is -1.90. The van der Waals surface area contributed by atoms with E-state index >= 15 is 0 Å². The minimum Gasteiger partial charge on any atom is -0.381 e. The third-order valence-electron chi connectivity index (χ3n) is 5.70. The topological polar surface area (TPSA) is 62.6 Å². The van der Waals surface area contributed by atoms with E-state index in [-0.39, 0.29) is 11.5 Å². The summed E-state index contributed by atoms with van der Waals surface area (Å²) in [5.41, 5.74) is 0.922. The molecule has 1 saturated carbocycles. The molecule has 2 saturated heterocycles. The molecule has 2 aliphatic heterocycles. The Labute approximate surface area is 148 Å². The van der Waals surface area contributed by atoms with Gasteiger partial charge >= 0.3 is 0 Å². The summed E-state index contributed by atoms with van der Waals surface area (Å²) in [6.07, 6.45) is 4.71. The van der Waals surface area contributed by atoms with E-state index in [0.29, 0.717) is 30.1 Å². The van der Waals surface area contributed by atoms with Gasteiger partial charge in [-0.1, -0.05) is 6.07 Å². The van der Waals surface area contributed by atoms with E-state index in [2.05, 4.69) is 6.07 Å². The number of nitrogens with zero attached hydrogens (tertiary/aromatic N) is 2. The molecule has 0 aromatic heterocycles. The van der Waals surface area contributed by atoms with Crippen LogP contribution >= 0.6 is 0 Å². The van der Waals surface area contributed by atoms with Gasteiger partial charge in [0.15, 0.2) is 0 Å². The number of benzene rings is 1. The highest BCUT2D eigenvalue weighted by Gasteiger charge is 2.54. The molecule has 25 heavy (non-hydrogen) atoms. The quantitative estimate of drug-likeness (QED) is 0.747. The van der Waals surface area contributed by atoms with Crippen molar-refractivity contribution in [2.45, 2.75) is 31.3 Å². The first-order valence-corrected chi connectivity index (χ1v) is 9.21. The number of rotatable bonds is 6. The van der Waals surface area contributed by atoms with Gasteiger partial charge in [0.2, 0.25) is 0 Å². The van der Waals surface area contributed by atoms with Crippen LogP contribution in [0.1, 0.15) is 41.6 Å². The van der Waals surface area contributed by atoms with Crippen LogP contribution in [0.2, 0.25) is 0 Å². The van der Waals surface area contributed by atoms with Gasteiger partial charge in [-0.05, 0) is 55.7 Å². The van der Waals surface area contributed by atoms with Crippen LogP contribution in [-0.4, -0.2) is 49.3 Å². The highest BCUT2D eigenvalue weighted by Crippen LogP contribution is 2.42.